The molecule has 2 N–H and O–H groups in total. The van der Waals surface area contributed by atoms with Crippen molar-refractivity contribution in [3.05, 3.63) is 98.9 Å². The van der Waals surface area contributed by atoms with E-state index in [4.69, 9.17) is 0 Å². The van der Waals surface area contributed by atoms with Gasteiger partial charge in [-0.25, -0.2) is 14.1 Å². The lowest BCUT2D eigenvalue weighted by Crippen LogP contribution is -2.50. The number of benzene rings is 3. The Morgan fingerprint density at radius 2 is 1.69 bits per heavy atom. The van der Waals surface area contributed by atoms with E-state index in [2.05, 4.69) is 10.6 Å². The molecule has 5 rings (SSSR count). The number of anilines is 1. The maximum Gasteiger partial charge on any atom is 0.325 e. The fraction of sp³-hybridized carbons (Fsp3) is 0.250. The summed E-state index contributed by atoms with van der Waals surface area (Å²) in [7, 11) is 0. The zero-order valence-corrected chi connectivity index (χ0v) is 21.7. The first-order chi connectivity index (χ1) is 17.3. The Morgan fingerprint density at radius 3 is 2.33 bits per heavy atom. The first-order valence-corrected chi connectivity index (χ1v) is 13.0. The summed E-state index contributed by atoms with van der Waals surface area (Å²) in [5, 5.41) is 5.34. The molecule has 0 unspecified atom stereocenters. The van der Waals surface area contributed by atoms with Crippen LogP contribution in [0, 0.1) is 9.39 Å². The van der Waals surface area contributed by atoms with Gasteiger partial charge in [-0.2, -0.15) is 0 Å². The molecule has 1 saturated heterocycles. The van der Waals surface area contributed by atoms with Gasteiger partial charge in [-0.1, -0.05) is 61.5 Å². The van der Waals surface area contributed by atoms with Gasteiger partial charge in [0.15, 0.2) is 0 Å². The third-order valence-electron chi connectivity index (χ3n) is 6.82. The van der Waals surface area contributed by atoms with E-state index in [1.54, 1.807) is 13.0 Å². The molecule has 36 heavy (non-hydrogen) atoms. The first kappa shape index (κ1) is 24.4. The molecule has 3 atom stereocenters. The second-order valence-electron chi connectivity index (χ2n) is 9.29. The van der Waals surface area contributed by atoms with E-state index in [1.807, 2.05) is 77.2 Å². The Labute approximate surface area is 222 Å². The quantitative estimate of drug-likeness (QED) is 0.271. The molecule has 1 aliphatic heterocycles. The first-order valence-electron chi connectivity index (χ1n) is 11.9. The van der Waals surface area contributed by atoms with Crippen LogP contribution in [0.1, 0.15) is 54.3 Å². The van der Waals surface area contributed by atoms with E-state index in [0.29, 0.717) is 15.1 Å². The third-order valence-corrected chi connectivity index (χ3v) is 7.50. The molecule has 2 aliphatic rings. The van der Waals surface area contributed by atoms with Crippen LogP contribution >= 0.6 is 22.6 Å². The molecule has 184 valence electrons. The van der Waals surface area contributed by atoms with Crippen molar-refractivity contribution in [1.29, 1.82) is 0 Å². The Morgan fingerprint density at radius 1 is 1.03 bits per heavy atom. The number of amides is 4. The maximum atomic E-state index is 14.5. The van der Waals surface area contributed by atoms with Gasteiger partial charge in [0, 0.05) is 9.49 Å². The van der Waals surface area contributed by atoms with E-state index < -0.39 is 41.7 Å². The molecule has 0 radical (unpaired) electrons. The van der Waals surface area contributed by atoms with E-state index in [1.165, 1.54) is 30.5 Å². The summed E-state index contributed by atoms with van der Waals surface area (Å²) in [6, 6.07) is 18.6. The molecule has 1 aliphatic carbocycles. The number of rotatable bonds is 7. The molecule has 6 nitrogen and oxygen atoms in total. The fourth-order valence-corrected chi connectivity index (χ4v) is 5.12. The predicted molar refractivity (Wildman–Crippen MR) is 143 cm³/mol. The van der Waals surface area contributed by atoms with Gasteiger partial charge in [0.2, 0.25) is 5.91 Å². The predicted octanol–water partition coefficient (Wildman–Crippen LogP) is 5.71. The zero-order chi connectivity index (χ0) is 25.4. The van der Waals surface area contributed by atoms with Gasteiger partial charge in [0.1, 0.15) is 17.9 Å². The van der Waals surface area contributed by atoms with E-state index in [-0.39, 0.29) is 5.69 Å². The lowest BCUT2D eigenvalue weighted by Gasteiger charge is -2.30. The third kappa shape index (κ3) is 4.86. The number of nitrogens with one attached hydrogen (secondary N) is 2. The van der Waals surface area contributed by atoms with Crippen molar-refractivity contribution in [2.75, 3.05) is 5.32 Å². The molecule has 1 saturated carbocycles. The average Bonchev–Trinajstić information content (AvgIpc) is 3.68. The molecular formula is C28H25FIN3O3. The van der Waals surface area contributed by atoms with Crippen molar-refractivity contribution in [3.63, 3.8) is 0 Å². The van der Waals surface area contributed by atoms with Crippen LogP contribution in [0.3, 0.4) is 0 Å². The molecule has 3 aromatic rings. The molecule has 4 amide bonds. The molecule has 0 aromatic heterocycles. The average molecular weight is 597 g/mol. The second kappa shape index (κ2) is 10.0. The number of hydrogen-bond donors (Lipinski definition) is 2. The van der Waals surface area contributed by atoms with Crippen molar-refractivity contribution >= 4 is 46.1 Å². The lowest BCUT2D eigenvalue weighted by atomic mass is 9.91. The normalized spacial score (nSPS) is 19.1. The highest BCUT2D eigenvalue weighted by atomic mass is 127. The molecule has 2 fully saturated rings. The molecule has 1 heterocycles. The Kier molecular flexibility index (Phi) is 6.79. The minimum Gasteiger partial charge on any atom is -0.322 e. The zero-order valence-electron chi connectivity index (χ0n) is 19.6. The van der Waals surface area contributed by atoms with Crippen LogP contribution in [0.15, 0.2) is 72.8 Å². The lowest BCUT2D eigenvalue weighted by molar-refractivity contribution is -0.134. The topological polar surface area (TPSA) is 78.5 Å². The minimum absolute atomic E-state index is 0.00931. The largest absolute Gasteiger partial charge is 0.325 e. The van der Waals surface area contributed by atoms with E-state index in [0.717, 1.165) is 10.5 Å². The van der Waals surface area contributed by atoms with Crippen molar-refractivity contribution < 1.29 is 18.8 Å². The summed E-state index contributed by atoms with van der Waals surface area (Å²) in [5.41, 5.74) is 2.65. The Bertz CT molecular complexity index is 1310. The second-order valence-corrected chi connectivity index (χ2v) is 10.5. The Balaban J connectivity index is 1.46. The number of halogens is 2. The van der Waals surface area contributed by atoms with Crippen molar-refractivity contribution in [2.45, 2.75) is 43.7 Å². The van der Waals surface area contributed by atoms with Crippen LogP contribution in [-0.2, 0) is 9.59 Å². The summed E-state index contributed by atoms with van der Waals surface area (Å²) in [6.45, 7) is 1.78. The van der Waals surface area contributed by atoms with Crippen LogP contribution in [0.4, 0.5) is 14.9 Å². The molecular weight excluding hydrogens is 572 g/mol. The fourth-order valence-electron chi connectivity index (χ4n) is 4.66. The van der Waals surface area contributed by atoms with E-state index >= 15 is 0 Å². The summed E-state index contributed by atoms with van der Waals surface area (Å²) >= 11 is 1.98. The van der Waals surface area contributed by atoms with Crippen LogP contribution in [0.25, 0.3) is 0 Å². The summed E-state index contributed by atoms with van der Waals surface area (Å²) < 4.78 is 15.2. The highest BCUT2D eigenvalue weighted by Gasteiger charge is 2.47. The van der Waals surface area contributed by atoms with Crippen molar-refractivity contribution in [3.8, 4) is 0 Å². The number of nitrogens with zero attached hydrogens (tertiary/aromatic N) is 1. The highest BCUT2D eigenvalue weighted by molar-refractivity contribution is 14.1. The van der Waals surface area contributed by atoms with E-state index in [9.17, 15) is 18.8 Å². The van der Waals surface area contributed by atoms with Crippen LogP contribution in [0.2, 0.25) is 0 Å². The van der Waals surface area contributed by atoms with Gasteiger partial charge >= 0.3 is 6.03 Å². The summed E-state index contributed by atoms with van der Waals surface area (Å²) in [4.78, 5) is 41.3. The van der Waals surface area contributed by atoms with Crippen molar-refractivity contribution in [2.24, 2.45) is 0 Å². The number of imide groups is 1. The molecule has 0 bridgehead atoms. The summed E-state index contributed by atoms with van der Waals surface area (Å²) in [6.07, 6.45) is 2.34. The number of hydrogen-bond acceptors (Lipinski definition) is 3. The summed E-state index contributed by atoms with van der Waals surface area (Å²) in [5.74, 6) is -1.70. The van der Waals surface area contributed by atoms with Crippen LogP contribution in [0.5, 0.6) is 0 Å². The van der Waals surface area contributed by atoms with Gasteiger partial charge in [-0.3, -0.25) is 9.59 Å². The van der Waals surface area contributed by atoms with Crippen molar-refractivity contribution in [1.82, 2.24) is 10.2 Å². The van der Waals surface area contributed by atoms with Crippen LogP contribution in [-0.4, -0.2) is 28.8 Å². The van der Waals surface area contributed by atoms with Crippen LogP contribution < -0.4 is 10.6 Å². The maximum absolute atomic E-state index is 14.5. The van der Waals surface area contributed by atoms with Gasteiger partial charge in [0.25, 0.3) is 5.91 Å². The minimum atomic E-state index is -1.19. The molecule has 8 heteroatoms. The molecule has 3 aromatic carbocycles. The molecule has 0 spiro atoms. The van der Waals surface area contributed by atoms with Gasteiger partial charge in [-0.05, 0) is 76.2 Å². The van der Waals surface area contributed by atoms with Gasteiger partial charge in [0.05, 0.1) is 5.69 Å². The monoisotopic (exact) mass is 597 g/mol. The number of carbonyl (C=O) groups is 3. The van der Waals surface area contributed by atoms with Gasteiger partial charge < -0.3 is 10.6 Å². The highest BCUT2D eigenvalue weighted by Crippen LogP contribution is 2.40. The van der Waals surface area contributed by atoms with Gasteiger partial charge in [-0.15, -0.1) is 0 Å². The SMILES string of the molecule is C[C@@H](c1ccccc1)[C@@H](C(=O)Nc1ccc(I)cc1F)N1C(=O)N[C@H](c2ccc(C3CC3)cc2)C1=O. The Hall–Kier alpha value is -3.27. The standard InChI is InChI=1S/C28H25FIN3O3/c1-16(17-5-3-2-4-6-17)25(26(34)31-23-14-13-21(30)15-22(23)29)33-27(35)24(32-28(33)36)20-11-9-19(10-12-20)18-7-8-18/h2-6,9-16,18,24-25H,7-8H2,1H3,(H,31,34)(H,32,36)/t16-,24+,25-/m0/s1. The number of carbonyl (C=O) groups excluding carboxylic acids is 3. The number of urea groups is 1. The smallest absolute Gasteiger partial charge is 0.322 e.